The molecule has 1 heterocycles. The molecule has 0 aliphatic rings. The van der Waals surface area contributed by atoms with Crippen molar-refractivity contribution in [3.8, 4) is 16.8 Å². The Balaban J connectivity index is 1.65. The molecule has 0 saturated carbocycles. The summed E-state index contributed by atoms with van der Waals surface area (Å²) in [6.07, 6.45) is -1.38. The van der Waals surface area contributed by atoms with Crippen LogP contribution < -0.4 is 11.1 Å². The quantitative estimate of drug-likeness (QED) is 0.366. The molecule has 0 fully saturated rings. The van der Waals surface area contributed by atoms with Gasteiger partial charge in [0.15, 0.2) is 6.10 Å². The molecule has 4 N–H and O–H groups in total. The van der Waals surface area contributed by atoms with E-state index in [-0.39, 0.29) is 17.9 Å². The largest absolute Gasteiger partial charge is 0.381 e. The summed E-state index contributed by atoms with van der Waals surface area (Å²) in [5.74, 6) is -1.83. The number of aryl methyl sites for hydroxylation is 1. The lowest BCUT2D eigenvalue weighted by Crippen LogP contribution is -2.50. The predicted molar refractivity (Wildman–Crippen MR) is 130 cm³/mol. The maximum Gasteiger partial charge on any atom is 0.270 e. The van der Waals surface area contributed by atoms with E-state index in [0.29, 0.717) is 22.5 Å². The predicted octanol–water partition coefficient (Wildman–Crippen LogP) is 3.17. The van der Waals surface area contributed by atoms with E-state index >= 15 is 0 Å². The first-order valence-electron chi connectivity index (χ1n) is 11.1. The average molecular weight is 473 g/mol. The highest BCUT2D eigenvalue weighted by Crippen LogP contribution is 2.25. The fourth-order valence-corrected chi connectivity index (χ4v) is 3.91. The van der Waals surface area contributed by atoms with Crippen LogP contribution in [-0.4, -0.2) is 38.8 Å². The van der Waals surface area contributed by atoms with Crippen molar-refractivity contribution >= 4 is 11.8 Å². The van der Waals surface area contributed by atoms with Gasteiger partial charge in [-0.05, 0) is 48.7 Å². The zero-order valence-corrected chi connectivity index (χ0v) is 19.1. The van der Waals surface area contributed by atoms with Crippen molar-refractivity contribution in [2.24, 2.45) is 5.73 Å². The van der Waals surface area contributed by atoms with Crippen LogP contribution in [0.15, 0.2) is 84.9 Å². The van der Waals surface area contributed by atoms with Crippen molar-refractivity contribution in [2.75, 3.05) is 0 Å². The molecule has 4 aromatic rings. The van der Waals surface area contributed by atoms with Gasteiger partial charge in [-0.15, -0.1) is 0 Å². The molecule has 35 heavy (non-hydrogen) atoms. The number of carbonyl (C=O) groups excluding carboxylic acids is 2. The molecule has 2 amide bonds. The van der Waals surface area contributed by atoms with Gasteiger partial charge >= 0.3 is 0 Å². The van der Waals surface area contributed by atoms with E-state index in [1.807, 2.05) is 30.3 Å². The molecule has 8 heteroatoms. The molecule has 178 valence electrons. The fourth-order valence-electron chi connectivity index (χ4n) is 3.91. The number of carbonyl (C=O) groups is 2. The molecule has 0 saturated heterocycles. The number of hydrogen-bond acceptors (Lipinski definition) is 4. The van der Waals surface area contributed by atoms with Gasteiger partial charge in [0.2, 0.25) is 5.91 Å². The van der Waals surface area contributed by atoms with Crippen LogP contribution in [0.25, 0.3) is 16.8 Å². The number of aliphatic hydroxyl groups is 1. The van der Waals surface area contributed by atoms with Gasteiger partial charge in [-0.3, -0.25) is 9.59 Å². The van der Waals surface area contributed by atoms with Gasteiger partial charge in [0.05, 0.1) is 17.4 Å². The van der Waals surface area contributed by atoms with E-state index in [1.54, 1.807) is 55.5 Å². The number of aromatic nitrogens is 2. The number of halogens is 1. The van der Waals surface area contributed by atoms with E-state index in [9.17, 15) is 19.1 Å². The molecule has 2 atom stereocenters. The van der Waals surface area contributed by atoms with Gasteiger partial charge < -0.3 is 16.2 Å². The number of nitrogens with zero attached hydrogens (tertiary/aromatic N) is 2. The average Bonchev–Trinajstić information content (AvgIpc) is 3.26. The lowest BCUT2D eigenvalue weighted by molar-refractivity contribution is -0.127. The van der Waals surface area contributed by atoms with E-state index in [4.69, 9.17) is 5.73 Å². The Morgan fingerprint density at radius 3 is 2.46 bits per heavy atom. The number of primary amides is 1. The lowest BCUT2D eigenvalue weighted by atomic mass is 10.0. The number of aliphatic hydroxyl groups excluding tert-OH is 1. The van der Waals surface area contributed by atoms with Crippen LogP contribution in [0.1, 0.15) is 21.7 Å². The maximum atomic E-state index is 14.3. The number of hydrogen-bond donors (Lipinski definition) is 3. The molecule has 0 radical (unpaired) electrons. The van der Waals surface area contributed by atoms with Crippen molar-refractivity contribution in [1.82, 2.24) is 15.1 Å². The summed E-state index contributed by atoms with van der Waals surface area (Å²) in [6.45, 7) is 1.74. The third-order valence-electron chi connectivity index (χ3n) is 5.63. The minimum absolute atomic E-state index is 0.197. The first-order chi connectivity index (χ1) is 16.8. The molecule has 0 bridgehead atoms. The highest BCUT2D eigenvalue weighted by atomic mass is 19.1. The van der Waals surface area contributed by atoms with Crippen LogP contribution in [0.3, 0.4) is 0 Å². The normalized spacial score (nSPS) is 12.7. The second kappa shape index (κ2) is 10.3. The Morgan fingerprint density at radius 2 is 1.74 bits per heavy atom. The Hall–Kier alpha value is -4.30. The Morgan fingerprint density at radius 1 is 1.03 bits per heavy atom. The summed E-state index contributed by atoms with van der Waals surface area (Å²) in [5.41, 5.74) is 8.54. The third-order valence-corrected chi connectivity index (χ3v) is 5.63. The molecule has 0 aliphatic heterocycles. The van der Waals surface area contributed by atoms with Gasteiger partial charge in [0.1, 0.15) is 11.5 Å². The number of rotatable bonds is 8. The molecular formula is C27H25FN4O3. The highest BCUT2D eigenvalue weighted by molar-refractivity contribution is 5.94. The van der Waals surface area contributed by atoms with Gasteiger partial charge in [-0.25, -0.2) is 9.07 Å². The third kappa shape index (κ3) is 5.44. The van der Waals surface area contributed by atoms with Crippen LogP contribution >= 0.6 is 0 Å². The smallest absolute Gasteiger partial charge is 0.270 e. The summed E-state index contributed by atoms with van der Waals surface area (Å²) in [5, 5.41) is 17.5. The second-order valence-corrected chi connectivity index (χ2v) is 8.23. The minimum atomic E-state index is -1.58. The van der Waals surface area contributed by atoms with Crippen LogP contribution in [0, 0.1) is 12.7 Å². The number of nitrogens with two attached hydrogens (primary N) is 1. The monoisotopic (exact) mass is 472 g/mol. The zero-order chi connectivity index (χ0) is 24.9. The number of benzene rings is 3. The second-order valence-electron chi connectivity index (χ2n) is 8.23. The Bertz CT molecular complexity index is 1350. The molecule has 3 aromatic carbocycles. The molecular weight excluding hydrogens is 447 g/mol. The first kappa shape index (κ1) is 23.8. The fraction of sp³-hybridized carbons (Fsp3) is 0.148. The Labute approximate surface area is 202 Å². The van der Waals surface area contributed by atoms with Gasteiger partial charge in [-0.2, -0.15) is 5.10 Å². The summed E-state index contributed by atoms with van der Waals surface area (Å²) in [6, 6.07) is 23.3. The molecule has 4 rings (SSSR count). The summed E-state index contributed by atoms with van der Waals surface area (Å²) in [7, 11) is 0. The van der Waals surface area contributed by atoms with Gasteiger partial charge in [0, 0.05) is 5.56 Å². The van der Waals surface area contributed by atoms with Gasteiger partial charge in [0.25, 0.3) is 5.91 Å². The maximum absolute atomic E-state index is 14.3. The van der Waals surface area contributed by atoms with Crippen LogP contribution in [0.5, 0.6) is 0 Å². The van der Waals surface area contributed by atoms with E-state index in [1.165, 1.54) is 10.7 Å². The summed E-state index contributed by atoms with van der Waals surface area (Å²) in [4.78, 5) is 25.0. The Kier molecular flexibility index (Phi) is 7.03. The minimum Gasteiger partial charge on any atom is -0.381 e. The lowest BCUT2D eigenvalue weighted by Gasteiger charge is -2.22. The molecule has 7 nitrogen and oxygen atoms in total. The zero-order valence-electron chi connectivity index (χ0n) is 19.1. The van der Waals surface area contributed by atoms with Crippen molar-refractivity contribution in [2.45, 2.75) is 25.5 Å². The molecule has 1 aromatic heterocycles. The first-order valence-corrected chi connectivity index (χ1v) is 11.1. The van der Waals surface area contributed by atoms with Crippen molar-refractivity contribution in [3.05, 3.63) is 108 Å². The molecule has 0 spiro atoms. The number of amides is 2. The van der Waals surface area contributed by atoms with E-state index in [2.05, 4.69) is 10.4 Å². The summed E-state index contributed by atoms with van der Waals surface area (Å²) < 4.78 is 15.8. The topological polar surface area (TPSA) is 110 Å². The van der Waals surface area contributed by atoms with E-state index in [0.717, 1.165) is 5.56 Å². The summed E-state index contributed by atoms with van der Waals surface area (Å²) >= 11 is 0. The van der Waals surface area contributed by atoms with Crippen LogP contribution in [0.2, 0.25) is 0 Å². The van der Waals surface area contributed by atoms with Crippen molar-refractivity contribution < 1.29 is 19.1 Å². The SMILES string of the molecule is Cc1cc(C(=O)NC(Cc2ccccc2)C(O)C(N)=O)n(-c2cccc(-c3ccccc3F)c2)n1. The van der Waals surface area contributed by atoms with Crippen LogP contribution in [0.4, 0.5) is 4.39 Å². The van der Waals surface area contributed by atoms with Crippen molar-refractivity contribution in [1.29, 1.82) is 0 Å². The number of nitrogens with one attached hydrogen (secondary N) is 1. The standard InChI is InChI=1S/C27H25FN4O3/c1-17-14-24(27(35)30-23(25(33)26(29)34)15-18-8-3-2-4-9-18)32(31-17)20-11-7-10-19(16-20)21-12-5-6-13-22(21)28/h2-14,16,23,25,33H,15H2,1H3,(H2,29,34)(H,30,35). The molecule has 0 aliphatic carbocycles. The van der Waals surface area contributed by atoms with E-state index < -0.39 is 24.0 Å². The highest BCUT2D eigenvalue weighted by Gasteiger charge is 2.28. The molecule has 2 unspecified atom stereocenters. The van der Waals surface area contributed by atoms with Crippen LogP contribution in [-0.2, 0) is 11.2 Å². The van der Waals surface area contributed by atoms with Gasteiger partial charge in [-0.1, -0.05) is 60.7 Å². The van der Waals surface area contributed by atoms with Crippen molar-refractivity contribution in [3.63, 3.8) is 0 Å².